The number of rotatable bonds is 6. The van der Waals surface area contributed by atoms with Crippen LogP contribution in [-0.2, 0) is 11.3 Å². The summed E-state index contributed by atoms with van der Waals surface area (Å²) in [6.07, 6.45) is 0. The van der Waals surface area contributed by atoms with E-state index in [9.17, 15) is 4.79 Å². The minimum Gasteiger partial charge on any atom is -0.344 e. The van der Waals surface area contributed by atoms with E-state index in [0.29, 0.717) is 6.54 Å². The lowest BCUT2D eigenvalue weighted by molar-refractivity contribution is -1.02. The molecule has 1 fully saturated rings. The molecule has 27 heavy (non-hydrogen) atoms. The summed E-state index contributed by atoms with van der Waals surface area (Å²) in [5.74, 6) is 0.153. The molecule has 0 unspecified atom stereocenters. The summed E-state index contributed by atoms with van der Waals surface area (Å²) in [7, 11) is 0. The average Bonchev–Trinajstić information content (AvgIpc) is 3.32. The maximum absolute atomic E-state index is 12.3. The molecule has 3 aromatic rings. The first-order valence-corrected chi connectivity index (χ1v) is 11.2. The van der Waals surface area contributed by atoms with Gasteiger partial charge in [0.05, 0.1) is 16.3 Å². The van der Waals surface area contributed by atoms with Crippen LogP contribution >= 0.6 is 22.7 Å². The first-order chi connectivity index (χ1) is 13.2. The van der Waals surface area contributed by atoms with Gasteiger partial charge in [-0.3, -0.25) is 4.79 Å². The summed E-state index contributed by atoms with van der Waals surface area (Å²) in [4.78, 5) is 21.3. The molecule has 5 nitrogen and oxygen atoms in total. The molecule has 1 aliphatic rings. The molecule has 4 rings (SSSR count). The predicted molar refractivity (Wildman–Crippen MR) is 110 cm³/mol. The Bertz CT molecular complexity index is 851. The van der Waals surface area contributed by atoms with Crippen LogP contribution in [-0.4, -0.2) is 43.6 Å². The molecule has 0 bridgehead atoms. The largest absolute Gasteiger partial charge is 0.344 e. The Hall–Kier alpha value is -1.80. The van der Waals surface area contributed by atoms with E-state index in [2.05, 4.69) is 41.9 Å². The van der Waals surface area contributed by atoms with E-state index < -0.39 is 0 Å². The third-order valence-corrected chi connectivity index (χ3v) is 7.25. The lowest BCUT2D eigenvalue weighted by Gasteiger charge is -2.29. The second-order valence-electron chi connectivity index (χ2n) is 7.23. The molecule has 7 heteroatoms. The van der Waals surface area contributed by atoms with Gasteiger partial charge < -0.3 is 15.1 Å². The maximum Gasteiger partial charge on any atom is 0.275 e. The van der Waals surface area contributed by atoms with Gasteiger partial charge in [-0.15, -0.1) is 22.7 Å². The van der Waals surface area contributed by atoms with Gasteiger partial charge >= 0.3 is 0 Å². The number of carbonyl (C=O) groups is 1. The summed E-state index contributed by atoms with van der Waals surface area (Å²) >= 11 is 3.50. The molecule has 1 atom stereocenters. The second-order valence-corrected chi connectivity index (χ2v) is 9.33. The van der Waals surface area contributed by atoms with Gasteiger partial charge in [-0.25, -0.2) is 4.98 Å². The first-order valence-electron chi connectivity index (χ1n) is 9.52. The van der Waals surface area contributed by atoms with Crippen molar-refractivity contribution in [3.63, 3.8) is 0 Å². The highest BCUT2D eigenvalue weighted by molar-refractivity contribution is 7.18. The number of hydrogen-bond acceptors (Lipinski definition) is 4. The van der Waals surface area contributed by atoms with Crippen molar-refractivity contribution >= 4 is 38.8 Å². The van der Waals surface area contributed by atoms with Crippen LogP contribution in [0.5, 0.6) is 0 Å². The Balaban J connectivity index is 1.23. The molecule has 1 aromatic carbocycles. The Morgan fingerprint density at radius 3 is 2.67 bits per heavy atom. The topological polar surface area (TPSA) is 50.9 Å². The Labute approximate surface area is 167 Å². The van der Waals surface area contributed by atoms with Crippen molar-refractivity contribution in [3.8, 4) is 0 Å². The molecule has 1 amide bonds. The number of thiophene rings is 1. The molecule has 3 heterocycles. The smallest absolute Gasteiger partial charge is 0.275 e. The molecule has 0 spiro atoms. The van der Waals surface area contributed by atoms with Crippen LogP contribution in [0.1, 0.15) is 22.9 Å². The second kappa shape index (κ2) is 8.48. The van der Waals surface area contributed by atoms with Crippen LogP contribution in [0.25, 0.3) is 10.2 Å². The van der Waals surface area contributed by atoms with Gasteiger partial charge in [-0.2, -0.15) is 0 Å². The molecule has 0 saturated carbocycles. The zero-order valence-corrected chi connectivity index (χ0v) is 17.2. The van der Waals surface area contributed by atoms with Crippen LogP contribution in [0.4, 0.5) is 0 Å². The third-order valence-electron chi connectivity index (χ3n) is 5.16. The zero-order chi connectivity index (χ0) is 18.6. The third kappa shape index (κ3) is 4.73. The highest BCUT2D eigenvalue weighted by Crippen LogP contribution is 2.20. The van der Waals surface area contributed by atoms with Gasteiger partial charge in [0.1, 0.15) is 37.7 Å². The number of nitrogens with zero attached hydrogens (tertiary/aromatic N) is 1. The fourth-order valence-corrected chi connectivity index (χ4v) is 5.42. The summed E-state index contributed by atoms with van der Waals surface area (Å²) in [6, 6.07) is 12.6. The normalized spacial score (nSPS) is 21.2. The van der Waals surface area contributed by atoms with E-state index in [1.807, 2.05) is 12.1 Å². The minimum atomic E-state index is 0.0999. The Morgan fingerprint density at radius 2 is 1.93 bits per heavy atom. The monoisotopic (exact) mass is 402 g/mol. The number of hydrogen-bond donors (Lipinski definition) is 3. The Morgan fingerprint density at radius 1 is 1.15 bits per heavy atom. The van der Waals surface area contributed by atoms with E-state index in [4.69, 9.17) is 4.98 Å². The predicted octanol–water partition coefficient (Wildman–Crippen LogP) is 0.519. The van der Waals surface area contributed by atoms with Crippen molar-refractivity contribution in [2.75, 3.05) is 32.7 Å². The number of carbonyl (C=O) groups excluding carboxylic acids is 1. The van der Waals surface area contributed by atoms with E-state index in [0.717, 1.165) is 38.2 Å². The highest BCUT2D eigenvalue weighted by atomic mass is 32.1. The van der Waals surface area contributed by atoms with Gasteiger partial charge in [-0.1, -0.05) is 18.2 Å². The Kier molecular flexibility index (Phi) is 5.83. The van der Waals surface area contributed by atoms with E-state index in [1.54, 1.807) is 27.6 Å². The van der Waals surface area contributed by atoms with Crippen molar-refractivity contribution in [2.24, 2.45) is 0 Å². The van der Waals surface area contributed by atoms with Crippen LogP contribution in [0, 0.1) is 0 Å². The fourth-order valence-electron chi connectivity index (χ4n) is 3.65. The number of quaternary nitrogens is 2. The molecule has 0 aliphatic carbocycles. The fraction of sp³-hybridized carbons (Fsp3) is 0.400. The van der Waals surface area contributed by atoms with Crippen molar-refractivity contribution in [1.82, 2.24) is 10.3 Å². The molecule has 2 aromatic heterocycles. The molecule has 142 valence electrons. The van der Waals surface area contributed by atoms with Gasteiger partial charge in [0, 0.05) is 4.88 Å². The number of benzene rings is 1. The molecular formula is C20H26N4OS2+2. The van der Waals surface area contributed by atoms with Crippen LogP contribution < -0.4 is 15.1 Å². The number of aromatic nitrogens is 1. The molecule has 3 N–H and O–H groups in total. The molecule has 0 radical (unpaired) electrons. The van der Waals surface area contributed by atoms with Crippen LogP contribution in [0.3, 0.4) is 0 Å². The minimum absolute atomic E-state index is 0.0999. The first kappa shape index (κ1) is 18.6. The van der Waals surface area contributed by atoms with Crippen LogP contribution in [0.2, 0.25) is 0 Å². The van der Waals surface area contributed by atoms with E-state index in [-0.39, 0.29) is 11.9 Å². The number of thiazole rings is 1. The number of fused-ring (bicyclic) bond motifs is 1. The number of para-hydroxylation sites is 1. The molecular weight excluding hydrogens is 376 g/mol. The molecule has 1 aliphatic heterocycles. The van der Waals surface area contributed by atoms with Gasteiger partial charge in [0.25, 0.3) is 5.91 Å². The summed E-state index contributed by atoms with van der Waals surface area (Å²) in [6.45, 7) is 7.90. The highest BCUT2D eigenvalue weighted by Gasteiger charge is 2.26. The standard InChI is InChI=1S/C20H24N4OS2/c1-15(17-7-4-12-26-17)21-19(25)13-23-8-10-24(11-9-23)14-20-22-16-5-2-3-6-18(16)27-20/h2-7,12,15H,8-11,13-14H2,1H3,(H,21,25)/p+2/t15-/m1/s1. The van der Waals surface area contributed by atoms with E-state index >= 15 is 0 Å². The van der Waals surface area contributed by atoms with Crippen molar-refractivity contribution in [3.05, 3.63) is 51.7 Å². The summed E-state index contributed by atoms with van der Waals surface area (Å²) < 4.78 is 1.27. The summed E-state index contributed by atoms with van der Waals surface area (Å²) in [5.41, 5.74) is 1.11. The summed E-state index contributed by atoms with van der Waals surface area (Å²) in [5, 5.41) is 6.40. The lowest BCUT2D eigenvalue weighted by atomic mass is 10.2. The number of nitrogens with one attached hydrogen (secondary N) is 3. The average molecular weight is 403 g/mol. The van der Waals surface area contributed by atoms with Gasteiger partial charge in [-0.05, 0) is 30.5 Å². The van der Waals surface area contributed by atoms with Gasteiger partial charge in [0.15, 0.2) is 6.54 Å². The van der Waals surface area contributed by atoms with E-state index in [1.165, 1.54) is 19.5 Å². The number of amides is 1. The van der Waals surface area contributed by atoms with Crippen molar-refractivity contribution in [1.29, 1.82) is 0 Å². The quantitative estimate of drug-likeness (QED) is 0.563. The molecule has 1 saturated heterocycles. The van der Waals surface area contributed by atoms with Crippen LogP contribution in [0.15, 0.2) is 41.8 Å². The van der Waals surface area contributed by atoms with Crippen molar-refractivity contribution < 1.29 is 14.6 Å². The van der Waals surface area contributed by atoms with Gasteiger partial charge in [0.2, 0.25) is 0 Å². The SMILES string of the molecule is C[C@@H](NC(=O)C[NH+]1CC[NH+](Cc2nc3ccccc3s2)CC1)c1cccs1. The lowest BCUT2D eigenvalue weighted by Crippen LogP contribution is -3.28. The maximum atomic E-state index is 12.3. The van der Waals surface area contributed by atoms with Crippen molar-refractivity contribution in [2.45, 2.75) is 19.5 Å². The zero-order valence-electron chi connectivity index (χ0n) is 15.5. The number of piperazine rings is 1.